The molecule has 0 spiro atoms. The molecule has 0 saturated carbocycles. The summed E-state index contributed by atoms with van der Waals surface area (Å²) in [6.07, 6.45) is 4.51. The fourth-order valence-electron chi connectivity index (χ4n) is 0.438. The number of hydrogen-bond donors (Lipinski definition) is 0. The van der Waals surface area contributed by atoms with Crippen molar-refractivity contribution in [1.29, 1.82) is 0 Å². The van der Waals surface area contributed by atoms with E-state index in [1.807, 2.05) is 13.0 Å². The smallest absolute Gasteiger partial charge is 0.117 e. The van der Waals surface area contributed by atoms with E-state index in [4.69, 9.17) is 0 Å². The molecule has 2 nitrogen and oxygen atoms in total. The molecule has 0 aliphatic carbocycles. The molecule has 10 heavy (non-hydrogen) atoms. The minimum atomic E-state index is 0.460. The van der Waals surface area contributed by atoms with Crippen molar-refractivity contribution < 1.29 is 0 Å². The summed E-state index contributed by atoms with van der Waals surface area (Å²) >= 11 is 3.17. The van der Waals surface area contributed by atoms with Crippen molar-refractivity contribution in [3.63, 3.8) is 0 Å². The molecule has 0 aromatic heterocycles. The Morgan fingerprint density at radius 3 is 2.60 bits per heavy atom. The number of rotatable bonds is 3. The van der Waals surface area contributed by atoms with E-state index in [1.54, 1.807) is 13.0 Å². The first-order valence-corrected chi connectivity index (χ1v) is 3.88. The van der Waals surface area contributed by atoms with E-state index in [0.717, 1.165) is 10.9 Å². The van der Waals surface area contributed by atoms with Crippen LogP contribution in [-0.2, 0) is 0 Å². The molecule has 3 heteroatoms. The van der Waals surface area contributed by atoms with Crippen LogP contribution in [0, 0.1) is 4.91 Å². The summed E-state index contributed by atoms with van der Waals surface area (Å²) < 4.78 is 0.771. The molecule has 0 radical (unpaired) electrons. The van der Waals surface area contributed by atoms with Gasteiger partial charge < -0.3 is 0 Å². The van der Waals surface area contributed by atoms with Crippen LogP contribution in [0.4, 0.5) is 0 Å². The zero-order chi connectivity index (χ0) is 7.98. The highest BCUT2D eigenvalue weighted by molar-refractivity contribution is 9.11. The Morgan fingerprint density at radius 1 is 1.70 bits per heavy atom. The van der Waals surface area contributed by atoms with Crippen LogP contribution in [0.3, 0.4) is 0 Å². The molecule has 0 amide bonds. The molecule has 0 atom stereocenters. The van der Waals surface area contributed by atoms with Crippen molar-refractivity contribution in [2.24, 2.45) is 5.18 Å². The minimum absolute atomic E-state index is 0.460. The summed E-state index contributed by atoms with van der Waals surface area (Å²) in [4.78, 5) is 10.1. The highest BCUT2D eigenvalue weighted by Crippen LogP contribution is 2.12. The van der Waals surface area contributed by atoms with Crippen molar-refractivity contribution in [3.05, 3.63) is 27.2 Å². The van der Waals surface area contributed by atoms with Crippen LogP contribution in [0.15, 0.2) is 27.5 Å². The van der Waals surface area contributed by atoms with Crippen LogP contribution in [0.25, 0.3) is 0 Å². The Bertz CT molecular complexity index is 168. The van der Waals surface area contributed by atoms with Gasteiger partial charge in [0.2, 0.25) is 0 Å². The highest BCUT2D eigenvalue weighted by Gasteiger charge is 1.92. The molecular formula is C7H10BrNO. The number of nitrogens with zero attached hydrogens (tertiary/aromatic N) is 1. The standard InChI is InChI=1S/C7H10BrNO/c1-3-4-5-7(9-10)6(2)8/h4-5H,3H2,1-2H3/b5-4-,7-6-. The fourth-order valence-corrected chi connectivity index (χ4v) is 0.642. The lowest BCUT2D eigenvalue weighted by molar-refractivity contribution is 1.21. The van der Waals surface area contributed by atoms with E-state index < -0.39 is 0 Å². The minimum Gasteiger partial charge on any atom is -0.145 e. The van der Waals surface area contributed by atoms with Crippen LogP contribution >= 0.6 is 15.9 Å². The van der Waals surface area contributed by atoms with Crippen LogP contribution < -0.4 is 0 Å². The van der Waals surface area contributed by atoms with Gasteiger partial charge in [0.15, 0.2) is 0 Å². The van der Waals surface area contributed by atoms with E-state index in [1.165, 1.54) is 0 Å². The topological polar surface area (TPSA) is 29.4 Å². The molecule has 0 aromatic rings. The third-order valence-electron chi connectivity index (χ3n) is 0.963. The molecule has 0 rings (SSSR count). The maximum absolute atomic E-state index is 10.1. The van der Waals surface area contributed by atoms with Gasteiger partial charge in [-0.2, -0.15) is 0 Å². The van der Waals surface area contributed by atoms with Crippen LogP contribution in [-0.4, -0.2) is 0 Å². The fraction of sp³-hybridized carbons (Fsp3) is 0.429. The first-order valence-electron chi connectivity index (χ1n) is 3.08. The average Bonchev–Trinajstić information content (AvgIpc) is 1.89. The molecule has 0 aliphatic rings. The normalized spacial score (nSPS) is 13.5. The molecule has 0 aliphatic heterocycles. The molecule has 0 aromatic carbocycles. The number of allylic oxidation sites excluding steroid dienone is 3. The average molecular weight is 204 g/mol. The Kier molecular flexibility index (Phi) is 5.12. The molecule has 0 saturated heterocycles. The summed E-state index contributed by atoms with van der Waals surface area (Å²) in [6.45, 7) is 3.79. The first kappa shape index (κ1) is 9.56. The Labute approximate surface area is 69.1 Å². The van der Waals surface area contributed by atoms with Gasteiger partial charge in [-0.25, -0.2) is 0 Å². The van der Waals surface area contributed by atoms with Gasteiger partial charge >= 0.3 is 0 Å². The Balaban J connectivity index is 4.24. The van der Waals surface area contributed by atoms with Gasteiger partial charge in [0.1, 0.15) is 5.70 Å². The SMILES string of the molecule is CC/C=C\C(N=O)=C(/C)Br. The molecule has 0 fully saturated rings. The molecular weight excluding hydrogens is 194 g/mol. The maximum Gasteiger partial charge on any atom is 0.117 e. The largest absolute Gasteiger partial charge is 0.145 e. The van der Waals surface area contributed by atoms with Gasteiger partial charge in [-0.15, -0.1) is 4.91 Å². The summed E-state index contributed by atoms with van der Waals surface area (Å²) in [5.41, 5.74) is 0.460. The number of halogens is 1. The summed E-state index contributed by atoms with van der Waals surface area (Å²) in [6, 6.07) is 0. The second-order valence-electron chi connectivity index (χ2n) is 1.82. The third-order valence-corrected chi connectivity index (χ3v) is 1.37. The van der Waals surface area contributed by atoms with Crippen molar-refractivity contribution in [2.75, 3.05) is 0 Å². The van der Waals surface area contributed by atoms with Crippen LogP contribution in [0.5, 0.6) is 0 Å². The highest BCUT2D eigenvalue weighted by atomic mass is 79.9. The van der Waals surface area contributed by atoms with Crippen molar-refractivity contribution in [3.8, 4) is 0 Å². The molecule has 0 heterocycles. The first-order chi connectivity index (χ1) is 4.72. The van der Waals surface area contributed by atoms with Crippen molar-refractivity contribution in [2.45, 2.75) is 20.3 Å². The summed E-state index contributed by atoms with van der Waals surface area (Å²) in [7, 11) is 0. The lowest BCUT2D eigenvalue weighted by Gasteiger charge is -1.88. The van der Waals surface area contributed by atoms with Crippen LogP contribution in [0.2, 0.25) is 0 Å². The van der Waals surface area contributed by atoms with Gasteiger partial charge in [0.25, 0.3) is 0 Å². The Hall–Kier alpha value is -0.440. The Morgan fingerprint density at radius 2 is 2.30 bits per heavy atom. The molecule has 0 N–H and O–H groups in total. The summed E-state index contributed by atoms with van der Waals surface area (Å²) in [5, 5.41) is 2.82. The van der Waals surface area contributed by atoms with Crippen molar-refractivity contribution in [1.82, 2.24) is 0 Å². The van der Waals surface area contributed by atoms with Gasteiger partial charge in [0, 0.05) is 4.48 Å². The van der Waals surface area contributed by atoms with E-state index in [2.05, 4.69) is 21.1 Å². The monoisotopic (exact) mass is 203 g/mol. The zero-order valence-corrected chi connectivity index (χ0v) is 7.68. The lowest BCUT2D eigenvalue weighted by atomic mass is 10.3. The molecule has 0 bridgehead atoms. The van der Waals surface area contributed by atoms with E-state index in [0.29, 0.717) is 5.70 Å². The number of hydrogen-bond acceptors (Lipinski definition) is 2. The van der Waals surface area contributed by atoms with Gasteiger partial charge in [-0.1, -0.05) is 28.9 Å². The second-order valence-corrected chi connectivity index (χ2v) is 3.01. The van der Waals surface area contributed by atoms with E-state index >= 15 is 0 Å². The summed E-state index contributed by atoms with van der Waals surface area (Å²) in [5.74, 6) is 0. The quantitative estimate of drug-likeness (QED) is 0.512. The zero-order valence-electron chi connectivity index (χ0n) is 6.10. The van der Waals surface area contributed by atoms with Gasteiger partial charge in [0.05, 0.1) is 0 Å². The lowest BCUT2D eigenvalue weighted by Crippen LogP contribution is -1.71. The van der Waals surface area contributed by atoms with Gasteiger partial charge in [-0.05, 0) is 24.6 Å². The second kappa shape index (κ2) is 5.35. The van der Waals surface area contributed by atoms with Crippen LogP contribution in [0.1, 0.15) is 20.3 Å². The predicted molar refractivity (Wildman–Crippen MR) is 46.9 cm³/mol. The van der Waals surface area contributed by atoms with Gasteiger partial charge in [-0.3, -0.25) is 0 Å². The number of nitroso groups, excluding NO2 is 1. The molecule has 56 valence electrons. The predicted octanol–water partition coefficient (Wildman–Crippen LogP) is 3.35. The molecule has 0 unspecified atom stereocenters. The third kappa shape index (κ3) is 3.56. The van der Waals surface area contributed by atoms with E-state index in [-0.39, 0.29) is 0 Å². The van der Waals surface area contributed by atoms with Crippen molar-refractivity contribution >= 4 is 15.9 Å². The van der Waals surface area contributed by atoms with E-state index in [9.17, 15) is 4.91 Å². The maximum atomic E-state index is 10.1.